The molecule has 19 heavy (non-hydrogen) atoms. The van der Waals surface area contributed by atoms with Gasteiger partial charge in [-0.1, -0.05) is 6.92 Å². The zero-order valence-electron chi connectivity index (χ0n) is 10.8. The molecule has 0 radical (unpaired) electrons. The van der Waals surface area contributed by atoms with Crippen LogP contribution in [0.1, 0.15) is 26.2 Å². The Bertz CT molecular complexity index is 483. The van der Waals surface area contributed by atoms with E-state index in [0.29, 0.717) is 5.69 Å². The van der Waals surface area contributed by atoms with Crippen molar-refractivity contribution in [3.05, 3.63) is 30.1 Å². The van der Waals surface area contributed by atoms with Crippen LogP contribution in [0.15, 0.2) is 24.3 Å². The summed E-state index contributed by atoms with van der Waals surface area (Å²) in [6.07, 6.45) is 2.87. The second-order valence-corrected chi connectivity index (χ2v) is 5.97. The average molecular weight is 285 g/mol. The van der Waals surface area contributed by atoms with E-state index < -0.39 is 0 Å². The molecule has 0 aromatic heterocycles. The van der Waals surface area contributed by atoms with Gasteiger partial charge in [-0.25, -0.2) is 4.39 Å². The Balaban J connectivity index is 0.00000133. The Labute approximate surface area is 118 Å². The van der Waals surface area contributed by atoms with Gasteiger partial charge in [0.2, 0.25) is 5.91 Å². The van der Waals surface area contributed by atoms with E-state index in [1.165, 1.54) is 12.1 Å². The van der Waals surface area contributed by atoms with E-state index in [2.05, 4.69) is 5.32 Å². The minimum Gasteiger partial charge on any atom is -0.326 e. The summed E-state index contributed by atoms with van der Waals surface area (Å²) in [6.45, 7) is 1.96. The minimum atomic E-state index is -0.300. The van der Waals surface area contributed by atoms with Crippen molar-refractivity contribution in [3.63, 3.8) is 0 Å². The van der Waals surface area contributed by atoms with Crippen molar-refractivity contribution < 1.29 is 9.18 Å². The minimum absolute atomic E-state index is 0. The fourth-order valence-corrected chi connectivity index (χ4v) is 3.47. The van der Waals surface area contributed by atoms with Gasteiger partial charge in [0.05, 0.1) is 0 Å². The second kappa shape index (κ2) is 4.46. The molecule has 3 aliphatic rings. The van der Waals surface area contributed by atoms with E-state index in [1.54, 1.807) is 12.1 Å². The summed E-state index contributed by atoms with van der Waals surface area (Å²) in [4.78, 5) is 12.1. The van der Waals surface area contributed by atoms with Gasteiger partial charge in [0.25, 0.3) is 0 Å². The number of carbonyl (C=O) groups is 1. The summed E-state index contributed by atoms with van der Waals surface area (Å²) in [5.41, 5.74) is 6.79. The summed E-state index contributed by atoms with van der Waals surface area (Å²) in [7, 11) is 0. The van der Waals surface area contributed by atoms with Gasteiger partial charge in [-0.05, 0) is 48.9 Å². The maximum absolute atomic E-state index is 12.8. The van der Waals surface area contributed by atoms with E-state index in [1.807, 2.05) is 6.92 Å². The number of hydrogen-bond donors (Lipinski definition) is 2. The van der Waals surface area contributed by atoms with Crippen molar-refractivity contribution in [2.24, 2.45) is 17.1 Å². The van der Waals surface area contributed by atoms with Gasteiger partial charge in [0.1, 0.15) is 5.82 Å². The maximum atomic E-state index is 12.8. The Morgan fingerprint density at radius 1 is 1.32 bits per heavy atom. The highest BCUT2D eigenvalue weighted by Crippen LogP contribution is 2.69. The molecule has 0 saturated heterocycles. The first kappa shape index (κ1) is 14.3. The van der Waals surface area contributed by atoms with Crippen LogP contribution in [0.3, 0.4) is 0 Å². The zero-order valence-corrected chi connectivity index (χ0v) is 11.6. The van der Waals surface area contributed by atoms with Gasteiger partial charge < -0.3 is 11.1 Å². The van der Waals surface area contributed by atoms with E-state index in [0.717, 1.165) is 19.3 Å². The molecule has 1 atom stereocenters. The van der Waals surface area contributed by atoms with Crippen molar-refractivity contribution in [3.8, 4) is 0 Å². The molecule has 0 unspecified atom stereocenters. The molecule has 104 valence electrons. The molecular formula is C14H18ClFN2O. The van der Waals surface area contributed by atoms with Crippen LogP contribution in [0, 0.1) is 17.2 Å². The van der Waals surface area contributed by atoms with Crippen LogP contribution in [0.25, 0.3) is 0 Å². The van der Waals surface area contributed by atoms with Crippen molar-refractivity contribution in [1.29, 1.82) is 0 Å². The number of halogens is 2. The number of carbonyl (C=O) groups excluding carboxylic acids is 1. The Morgan fingerprint density at radius 2 is 1.84 bits per heavy atom. The molecule has 3 nitrogen and oxygen atoms in total. The van der Waals surface area contributed by atoms with Crippen LogP contribution in [0.5, 0.6) is 0 Å². The third-order valence-electron chi connectivity index (χ3n) is 4.54. The number of benzene rings is 1. The monoisotopic (exact) mass is 284 g/mol. The lowest BCUT2D eigenvalue weighted by Crippen LogP contribution is -2.75. The standard InChI is InChI=1S/C14H17FN2O.ClH/c1-9(13-6-14(16,7-13)8-13)12(18)17-11-4-2-10(15)3-5-11;/h2-5,9H,6-8,16H2,1H3,(H,17,18);1H/t9-,13?,14?;/m1./s1. The van der Waals surface area contributed by atoms with Crippen molar-refractivity contribution in [2.75, 3.05) is 5.32 Å². The first-order chi connectivity index (χ1) is 8.42. The van der Waals surface area contributed by atoms with Crippen LogP contribution in [0.4, 0.5) is 10.1 Å². The SMILES string of the molecule is C[C@H](C(=O)Nc1ccc(F)cc1)C12CC(N)(C1)C2.Cl. The fourth-order valence-electron chi connectivity index (χ4n) is 3.47. The molecule has 1 amide bonds. The van der Waals surface area contributed by atoms with Crippen molar-refractivity contribution in [2.45, 2.75) is 31.7 Å². The third-order valence-corrected chi connectivity index (χ3v) is 4.54. The van der Waals surface area contributed by atoms with Gasteiger partial charge in [-0.15, -0.1) is 12.4 Å². The molecule has 1 aromatic rings. The number of hydrogen-bond acceptors (Lipinski definition) is 2. The number of nitrogens with two attached hydrogens (primary N) is 1. The highest BCUT2D eigenvalue weighted by Gasteiger charge is 2.68. The van der Waals surface area contributed by atoms with E-state index in [4.69, 9.17) is 5.73 Å². The molecule has 1 aromatic carbocycles. The lowest BCUT2D eigenvalue weighted by atomic mass is 9.36. The third kappa shape index (κ3) is 2.23. The van der Waals surface area contributed by atoms with Crippen molar-refractivity contribution >= 4 is 24.0 Å². The van der Waals surface area contributed by atoms with Crippen LogP contribution in [-0.2, 0) is 4.79 Å². The molecule has 3 fully saturated rings. The highest BCUT2D eigenvalue weighted by molar-refractivity contribution is 5.93. The summed E-state index contributed by atoms with van der Waals surface area (Å²) < 4.78 is 12.8. The smallest absolute Gasteiger partial charge is 0.227 e. The molecule has 2 bridgehead atoms. The molecule has 4 rings (SSSR count). The average Bonchev–Trinajstić information content (AvgIpc) is 2.26. The molecule has 0 aliphatic heterocycles. The molecule has 5 heteroatoms. The molecule has 0 spiro atoms. The Kier molecular flexibility index (Phi) is 3.35. The van der Waals surface area contributed by atoms with Gasteiger partial charge in [0, 0.05) is 17.1 Å². The lowest BCUT2D eigenvalue weighted by Gasteiger charge is -2.71. The number of anilines is 1. The Morgan fingerprint density at radius 3 is 2.32 bits per heavy atom. The first-order valence-corrected chi connectivity index (χ1v) is 6.28. The second-order valence-electron chi connectivity index (χ2n) is 5.97. The summed E-state index contributed by atoms with van der Waals surface area (Å²) in [5, 5.41) is 2.83. The number of rotatable bonds is 3. The van der Waals surface area contributed by atoms with Crippen LogP contribution >= 0.6 is 12.4 Å². The molecule has 3 aliphatic carbocycles. The van der Waals surface area contributed by atoms with E-state index in [9.17, 15) is 9.18 Å². The van der Waals surface area contributed by atoms with E-state index in [-0.39, 0.29) is 41.0 Å². The fraction of sp³-hybridized carbons (Fsp3) is 0.500. The predicted octanol–water partition coefficient (Wildman–Crippen LogP) is 2.70. The van der Waals surface area contributed by atoms with Gasteiger partial charge >= 0.3 is 0 Å². The summed E-state index contributed by atoms with van der Waals surface area (Å²) >= 11 is 0. The normalized spacial score (nSPS) is 32.4. The highest BCUT2D eigenvalue weighted by atomic mass is 35.5. The summed E-state index contributed by atoms with van der Waals surface area (Å²) in [5.74, 6) is -0.332. The Hall–Kier alpha value is -1.13. The topological polar surface area (TPSA) is 55.1 Å². The first-order valence-electron chi connectivity index (χ1n) is 6.28. The van der Waals surface area contributed by atoms with Crippen molar-refractivity contribution in [1.82, 2.24) is 0 Å². The van der Waals surface area contributed by atoms with Crippen LogP contribution in [-0.4, -0.2) is 11.4 Å². The van der Waals surface area contributed by atoms with Crippen LogP contribution in [0.2, 0.25) is 0 Å². The van der Waals surface area contributed by atoms with E-state index >= 15 is 0 Å². The van der Waals surface area contributed by atoms with Gasteiger partial charge in [-0.2, -0.15) is 0 Å². The van der Waals surface area contributed by atoms with Crippen LogP contribution < -0.4 is 11.1 Å². The molecule has 3 saturated carbocycles. The maximum Gasteiger partial charge on any atom is 0.227 e. The summed E-state index contributed by atoms with van der Waals surface area (Å²) in [6, 6.07) is 5.84. The molecule has 3 N–H and O–H groups in total. The quantitative estimate of drug-likeness (QED) is 0.897. The zero-order chi connectivity index (χ0) is 13.0. The van der Waals surface area contributed by atoms with Gasteiger partial charge in [-0.3, -0.25) is 4.79 Å². The number of amides is 1. The lowest BCUT2D eigenvalue weighted by molar-refractivity contribution is -0.174. The molecular weight excluding hydrogens is 267 g/mol. The molecule has 0 heterocycles. The number of nitrogens with one attached hydrogen (secondary N) is 1. The predicted molar refractivity (Wildman–Crippen MR) is 74.6 cm³/mol. The largest absolute Gasteiger partial charge is 0.326 e. The van der Waals surface area contributed by atoms with Gasteiger partial charge in [0.15, 0.2) is 0 Å².